The number of aliphatic hydroxyl groups excluding tert-OH is 1. The molecule has 0 spiro atoms. The van der Waals surface area contributed by atoms with Crippen LogP contribution in [0.2, 0.25) is 0 Å². The highest BCUT2D eigenvalue weighted by molar-refractivity contribution is 7.10. The number of thiazole rings is 1. The van der Waals surface area contributed by atoms with Gasteiger partial charge >= 0.3 is 0 Å². The van der Waals surface area contributed by atoms with E-state index in [2.05, 4.69) is 4.98 Å². The van der Waals surface area contributed by atoms with Crippen molar-refractivity contribution in [2.24, 2.45) is 0 Å². The van der Waals surface area contributed by atoms with Crippen LogP contribution in [0.4, 0.5) is 0 Å². The van der Waals surface area contributed by atoms with Gasteiger partial charge in [0.15, 0.2) is 0 Å². The molecule has 0 aromatic carbocycles. The number of amides is 1. The van der Waals surface area contributed by atoms with Crippen molar-refractivity contribution >= 4 is 23.3 Å². The van der Waals surface area contributed by atoms with Gasteiger partial charge in [0.2, 0.25) is 0 Å². The fraction of sp³-hybridized carbons (Fsp3) is 0.400. The highest BCUT2D eigenvalue weighted by Crippen LogP contribution is 2.19. The van der Waals surface area contributed by atoms with Gasteiger partial charge in [-0.3, -0.25) is 4.79 Å². The summed E-state index contributed by atoms with van der Waals surface area (Å²) in [6.45, 7) is 2.75. The maximum Gasteiger partial charge on any atom is 0.274 e. The first-order valence-corrected chi connectivity index (χ1v) is 5.64. The number of rotatable bonds is 2. The Morgan fingerprint density at radius 2 is 2.47 bits per heavy atom. The van der Waals surface area contributed by atoms with E-state index in [1.807, 2.05) is 19.1 Å². The van der Waals surface area contributed by atoms with Gasteiger partial charge in [-0.25, -0.2) is 4.98 Å². The number of β-amino-alcohol motifs (C(OH)–C–C–N with tert-alkyl or cyclic N) is 1. The van der Waals surface area contributed by atoms with E-state index in [1.54, 1.807) is 10.4 Å². The molecule has 1 aliphatic rings. The largest absolute Gasteiger partial charge is 0.389 e. The Hall–Kier alpha value is -1.20. The second kappa shape index (κ2) is 4.12. The molecule has 1 fully saturated rings. The van der Waals surface area contributed by atoms with E-state index in [-0.39, 0.29) is 12.0 Å². The number of carbonyl (C=O) groups excluding carboxylic acids is 1. The van der Waals surface area contributed by atoms with Gasteiger partial charge in [0.1, 0.15) is 5.69 Å². The molecule has 0 aliphatic carbocycles. The van der Waals surface area contributed by atoms with Gasteiger partial charge in [0.25, 0.3) is 5.91 Å². The molecule has 2 rings (SSSR count). The van der Waals surface area contributed by atoms with Crippen LogP contribution in [0.25, 0.3) is 6.08 Å². The van der Waals surface area contributed by atoms with Crippen molar-refractivity contribution in [3.05, 3.63) is 22.2 Å². The van der Waals surface area contributed by atoms with Crippen LogP contribution in [0, 0.1) is 0 Å². The van der Waals surface area contributed by atoms with Crippen molar-refractivity contribution in [3.8, 4) is 0 Å². The highest BCUT2D eigenvalue weighted by atomic mass is 32.1. The lowest BCUT2D eigenvalue weighted by Crippen LogP contribution is -2.53. The second-order valence-electron chi connectivity index (χ2n) is 3.43. The average molecular weight is 224 g/mol. The van der Waals surface area contributed by atoms with Gasteiger partial charge < -0.3 is 10.0 Å². The quantitative estimate of drug-likeness (QED) is 0.815. The molecular formula is C10H12N2O2S. The highest BCUT2D eigenvalue weighted by Gasteiger charge is 2.31. The summed E-state index contributed by atoms with van der Waals surface area (Å²) in [5.74, 6) is -0.0883. The number of hydrogen-bond acceptors (Lipinski definition) is 4. The van der Waals surface area contributed by atoms with Crippen molar-refractivity contribution in [1.82, 2.24) is 9.88 Å². The van der Waals surface area contributed by atoms with Crippen LogP contribution in [0.1, 0.15) is 22.3 Å². The van der Waals surface area contributed by atoms with Gasteiger partial charge in [0, 0.05) is 13.1 Å². The summed E-state index contributed by atoms with van der Waals surface area (Å²) in [5.41, 5.74) is 2.16. The third-order valence-electron chi connectivity index (χ3n) is 2.26. The van der Waals surface area contributed by atoms with Crippen LogP contribution in [0.15, 0.2) is 11.6 Å². The number of carbonyl (C=O) groups is 1. The first-order valence-electron chi connectivity index (χ1n) is 4.76. The van der Waals surface area contributed by atoms with Gasteiger partial charge in [0.05, 0.1) is 16.5 Å². The summed E-state index contributed by atoms with van der Waals surface area (Å²) in [5, 5.41) is 9.11. The lowest BCUT2D eigenvalue weighted by molar-refractivity contribution is 0.00554. The van der Waals surface area contributed by atoms with Crippen molar-refractivity contribution < 1.29 is 9.90 Å². The number of allylic oxidation sites excluding steroid dienone is 1. The number of aliphatic hydroxyl groups is 1. The second-order valence-corrected chi connectivity index (χ2v) is 4.32. The molecule has 1 aliphatic heterocycles. The molecule has 0 saturated carbocycles. The number of hydrogen-bond donors (Lipinski definition) is 1. The molecule has 0 unspecified atom stereocenters. The normalized spacial score (nSPS) is 17.1. The maximum atomic E-state index is 11.9. The monoisotopic (exact) mass is 224 g/mol. The van der Waals surface area contributed by atoms with E-state index in [0.717, 1.165) is 4.88 Å². The van der Waals surface area contributed by atoms with Crippen molar-refractivity contribution in [3.63, 3.8) is 0 Å². The van der Waals surface area contributed by atoms with Crippen molar-refractivity contribution in [2.45, 2.75) is 13.0 Å². The zero-order chi connectivity index (χ0) is 10.8. The molecule has 2 heterocycles. The molecule has 1 amide bonds. The lowest BCUT2D eigenvalue weighted by Gasteiger charge is -2.35. The Bertz CT molecular complexity index is 394. The van der Waals surface area contributed by atoms with Crippen LogP contribution in [-0.4, -0.2) is 40.1 Å². The molecule has 15 heavy (non-hydrogen) atoms. The average Bonchev–Trinajstić information content (AvgIpc) is 2.61. The van der Waals surface area contributed by atoms with E-state index < -0.39 is 0 Å². The zero-order valence-corrected chi connectivity index (χ0v) is 9.20. The number of aromatic nitrogens is 1. The summed E-state index contributed by atoms with van der Waals surface area (Å²) >= 11 is 1.45. The van der Waals surface area contributed by atoms with Crippen LogP contribution >= 0.6 is 11.3 Å². The third-order valence-corrected chi connectivity index (χ3v) is 3.06. The predicted octanol–water partition coefficient (Wildman–Crippen LogP) is 0.993. The van der Waals surface area contributed by atoms with E-state index in [9.17, 15) is 4.79 Å². The molecule has 1 aromatic heterocycles. The summed E-state index contributed by atoms with van der Waals surface area (Å²) in [6, 6.07) is 0. The predicted molar refractivity (Wildman–Crippen MR) is 58.7 cm³/mol. The van der Waals surface area contributed by atoms with Gasteiger partial charge in [-0.1, -0.05) is 6.08 Å². The molecule has 1 saturated heterocycles. The molecule has 80 valence electrons. The van der Waals surface area contributed by atoms with Gasteiger partial charge in [-0.2, -0.15) is 0 Å². The van der Waals surface area contributed by atoms with E-state index in [0.29, 0.717) is 18.8 Å². The van der Waals surface area contributed by atoms with Crippen molar-refractivity contribution in [1.29, 1.82) is 0 Å². The number of nitrogens with zero attached hydrogens (tertiary/aromatic N) is 2. The van der Waals surface area contributed by atoms with Gasteiger partial charge in [-0.15, -0.1) is 11.3 Å². The lowest BCUT2D eigenvalue weighted by atomic mass is 10.1. The van der Waals surface area contributed by atoms with E-state index >= 15 is 0 Å². The Labute approximate surface area is 91.9 Å². The van der Waals surface area contributed by atoms with Gasteiger partial charge in [-0.05, 0) is 13.0 Å². The molecule has 1 N–H and O–H groups in total. The Kier molecular flexibility index (Phi) is 2.83. The zero-order valence-electron chi connectivity index (χ0n) is 8.38. The minimum atomic E-state index is -0.363. The maximum absolute atomic E-state index is 11.9. The molecule has 0 radical (unpaired) electrons. The van der Waals surface area contributed by atoms with Crippen LogP contribution in [0.5, 0.6) is 0 Å². The number of likely N-dealkylation sites (tertiary alicyclic amines) is 1. The first-order chi connectivity index (χ1) is 7.22. The Morgan fingerprint density at radius 3 is 3.07 bits per heavy atom. The molecule has 0 bridgehead atoms. The third kappa shape index (κ3) is 1.93. The summed E-state index contributed by atoms with van der Waals surface area (Å²) in [6.07, 6.45) is 3.40. The smallest absolute Gasteiger partial charge is 0.274 e. The molecule has 1 aromatic rings. The van der Waals surface area contributed by atoms with E-state index in [4.69, 9.17) is 5.11 Å². The summed E-state index contributed by atoms with van der Waals surface area (Å²) in [4.78, 5) is 18.4. The Balaban J connectivity index is 2.15. The van der Waals surface area contributed by atoms with Crippen LogP contribution in [0.3, 0.4) is 0 Å². The minimum absolute atomic E-state index is 0.0883. The topological polar surface area (TPSA) is 53.4 Å². The SMILES string of the molecule is C/C=C\c1scnc1C(=O)N1CC(O)C1. The molecule has 4 nitrogen and oxygen atoms in total. The first kappa shape index (κ1) is 10.3. The fourth-order valence-electron chi connectivity index (χ4n) is 1.46. The summed E-state index contributed by atoms with van der Waals surface area (Å²) < 4.78 is 0. The molecule has 0 atom stereocenters. The van der Waals surface area contributed by atoms with Crippen LogP contribution < -0.4 is 0 Å². The molecular weight excluding hydrogens is 212 g/mol. The van der Waals surface area contributed by atoms with Crippen LogP contribution in [-0.2, 0) is 0 Å². The van der Waals surface area contributed by atoms with Crippen molar-refractivity contribution in [2.75, 3.05) is 13.1 Å². The Morgan fingerprint density at radius 1 is 1.73 bits per heavy atom. The standard InChI is InChI=1S/C10H12N2O2S/c1-2-3-8-9(11-6-15-8)10(14)12-4-7(13)5-12/h2-3,6-7,13H,4-5H2,1H3/b3-2-. The summed E-state index contributed by atoms with van der Waals surface area (Å²) in [7, 11) is 0. The minimum Gasteiger partial charge on any atom is -0.389 e. The van der Waals surface area contributed by atoms with E-state index in [1.165, 1.54) is 11.3 Å². The fourth-order valence-corrected chi connectivity index (χ4v) is 2.19. The molecule has 5 heteroatoms.